The van der Waals surface area contributed by atoms with Crippen molar-refractivity contribution in [2.24, 2.45) is 0 Å². The molecule has 0 saturated carbocycles. The summed E-state index contributed by atoms with van der Waals surface area (Å²) in [6, 6.07) is 19.0. The highest BCUT2D eigenvalue weighted by molar-refractivity contribution is 6.01. The minimum Gasteiger partial charge on any atom is -0.353 e. The van der Waals surface area contributed by atoms with Crippen LogP contribution in [0.5, 0.6) is 0 Å². The van der Waals surface area contributed by atoms with Gasteiger partial charge in [0, 0.05) is 34.2 Å². The fourth-order valence-electron chi connectivity index (χ4n) is 4.33. The van der Waals surface area contributed by atoms with E-state index in [1.165, 1.54) is 11.1 Å². The molecule has 3 aromatic heterocycles. The van der Waals surface area contributed by atoms with E-state index in [0.29, 0.717) is 0 Å². The number of nitrogens with zero attached hydrogens (tertiary/aromatic N) is 2. The molecule has 2 N–H and O–H groups in total. The molecule has 0 atom stereocenters. The van der Waals surface area contributed by atoms with Crippen LogP contribution in [-0.2, 0) is 0 Å². The minimum atomic E-state index is 0.913. The van der Waals surface area contributed by atoms with Gasteiger partial charge in [0.15, 0.2) is 0 Å². The number of aromatic nitrogens is 4. The van der Waals surface area contributed by atoms with E-state index in [-0.39, 0.29) is 0 Å². The molecule has 2 aromatic carbocycles. The van der Waals surface area contributed by atoms with Crippen LogP contribution < -0.4 is 0 Å². The SMILES string of the molecule is C=C/C=C(C)\C(=C/C)c1ccc2[nH]nc(-c3cc4c(-c5cccnc5)cccc4[nH]3)c2c1. The van der Waals surface area contributed by atoms with Gasteiger partial charge in [0.2, 0.25) is 0 Å². The molecule has 3 heterocycles. The Morgan fingerprint density at radius 2 is 1.91 bits per heavy atom. The highest BCUT2D eigenvalue weighted by Crippen LogP contribution is 2.35. The number of benzene rings is 2. The third-order valence-electron chi connectivity index (χ3n) is 5.85. The number of H-pyrrole nitrogens is 2. The second kappa shape index (κ2) is 8.16. The minimum absolute atomic E-state index is 0.913. The fraction of sp³-hybridized carbons (Fsp3) is 0.0714. The van der Waals surface area contributed by atoms with Crippen molar-refractivity contribution in [3.63, 3.8) is 0 Å². The predicted molar refractivity (Wildman–Crippen MR) is 134 cm³/mol. The van der Waals surface area contributed by atoms with E-state index in [1.807, 2.05) is 24.4 Å². The molecule has 0 fully saturated rings. The summed E-state index contributed by atoms with van der Waals surface area (Å²) in [5, 5.41) is 10.1. The van der Waals surface area contributed by atoms with Crippen LogP contribution >= 0.6 is 0 Å². The third kappa shape index (κ3) is 3.36. The average Bonchev–Trinajstić information content (AvgIpc) is 3.44. The van der Waals surface area contributed by atoms with Crippen molar-refractivity contribution < 1.29 is 0 Å². The first-order chi connectivity index (χ1) is 15.7. The molecule has 5 aromatic rings. The molecule has 156 valence electrons. The fourth-order valence-corrected chi connectivity index (χ4v) is 4.33. The summed E-state index contributed by atoms with van der Waals surface area (Å²) in [4.78, 5) is 7.85. The van der Waals surface area contributed by atoms with Crippen molar-refractivity contribution in [2.75, 3.05) is 0 Å². The Kier molecular flexibility index (Phi) is 5.04. The number of pyridine rings is 1. The second-order valence-electron chi connectivity index (χ2n) is 7.81. The number of hydrogen-bond acceptors (Lipinski definition) is 2. The van der Waals surface area contributed by atoms with E-state index in [0.717, 1.165) is 49.9 Å². The predicted octanol–water partition coefficient (Wildman–Crippen LogP) is 7.31. The van der Waals surface area contributed by atoms with E-state index in [4.69, 9.17) is 0 Å². The van der Waals surface area contributed by atoms with Crippen molar-refractivity contribution >= 4 is 27.4 Å². The van der Waals surface area contributed by atoms with Gasteiger partial charge in [0.25, 0.3) is 0 Å². The van der Waals surface area contributed by atoms with Crippen LogP contribution in [0.2, 0.25) is 0 Å². The van der Waals surface area contributed by atoms with Crippen LogP contribution in [0.25, 0.3) is 49.9 Å². The maximum Gasteiger partial charge on any atom is 0.116 e. The first-order valence-corrected chi connectivity index (χ1v) is 10.7. The molecule has 0 spiro atoms. The quantitative estimate of drug-likeness (QED) is 0.295. The maximum atomic E-state index is 4.65. The molecule has 0 aliphatic rings. The van der Waals surface area contributed by atoms with Crippen LogP contribution in [-0.4, -0.2) is 20.2 Å². The molecule has 4 nitrogen and oxygen atoms in total. The van der Waals surface area contributed by atoms with Gasteiger partial charge in [0.1, 0.15) is 5.69 Å². The van der Waals surface area contributed by atoms with E-state index in [1.54, 1.807) is 6.20 Å². The Balaban J connectivity index is 1.65. The van der Waals surface area contributed by atoms with E-state index < -0.39 is 0 Å². The van der Waals surface area contributed by atoms with Crippen LogP contribution in [0.3, 0.4) is 0 Å². The van der Waals surface area contributed by atoms with Crippen molar-refractivity contribution in [2.45, 2.75) is 13.8 Å². The Morgan fingerprint density at radius 3 is 2.69 bits per heavy atom. The first-order valence-electron chi connectivity index (χ1n) is 10.7. The molecule has 0 unspecified atom stereocenters. The Bertz CT molecular complexity index is 1500. The van der Waals surface area contributed by atoms with Gasteiger partial charge in [-0.25, -0.2) is 0 Å². The molecule has 0 aliphatic heterocycles. The molecule has 4 heteroatoms. The Hall–Kier alpha value is -4.18. The molecule has 0 bridgehead atoms. The molecule has 5 rings (SSSR count). The summed E-state index contributed by atoms with van der Waals surface area (Å²) in [5.74, 6) is 0. The third-order valence-corrected chi connectivity index (χ3v) is 5.85. The number of hydrogen-bond donors (Lipinski definition) is 2. The zero-order valence-electron chi connectivity index (χ0n) is 18.2. The van der Waals surface area contributed by atoms with Gasteiger partial charge in [-0.1, -0.05) is 49.1 Å². The molecule has 32 heavy (non-hydrogen) atoms. The van der Waals surface area contributed by atoms with E-state index >= 15 is 0 Å². The summed E-state index contributed by atoms with van der Waals surface area (Å²) in [7, 11) is 0. The molecule has 0 radical (unpaired) electrons. The van der Waals surface area contributed by atoms with Gasteiger partial charge >= 0.3 is 0 Å². The highest BCUT2D eigenvalue weighted by atomic mass is 15.1. The number of aromatic amines is 2. The summed E-state index contributed by atoms with van der Waals surface area (Å²) in [6.45, 7) is 8.00. The van der Waals surface area contributed by atoms with Crippen LogP contribution in [0.15, 0.2) is 97.4 Å². The monoisotopic (exact) mass is 416 g/mol. The molecule has 0 aliphatic carbocycles. The highest BCUT2D eigenvalue weighted by Gasteiger charge is 2.15. The van der Waals surface area contributed by atoms with E-state index in [2.05, 4.69) is 95.2 Å². The maximum absolute atomic E-state index is 4.65. The lowest BCUT2D eigenvalue weighted by Crippen LogP contribution is -1.87. The van der Waals surface area contributed by atoms with Crippen LogP contribution in [0.1, 0.15) is 19.4 Å². The van der Waals surface area contributed by atoms with E-state index in [9.17, 15) is 0 Å². The van der Waals surface area contributed by atoms with Gasteiger partial charge in [-0.05, 0) is 66.5 Å². The van der Waals surface area contributed by atoms with Crippen molar-refractivity contribution in [3.8, 4) is 22.5 Å². The van der Waals surface area contributed by atoms with Gasteiger partial charge < -0.3 is 4.98 Å². The molecule has 0 saturated heterocycles. The van der Waals surface area contributed by atoms with Crippen molar-refractivity contribution in [3.05, 3.63) is 103 Å². The smallest absolute Gasteiger partial charge is 0.116 e. The normalized spacial score (nSPS) is 12.6. The topological polar surface area (TPSA) is 57.4 Å². The van der Waals surface area contributed by atoms with Gasteiger partial charge in [0.05, 0.1) is 11.2 Å². The lowest BCUT2D eigenvalue weighted by atomic mass is 9.96. The summed E-state index contributed by atoms with van der Waals surface area (Å²) in [6.07, 6.45) is 9.69. The van der Waals surface area contributed by atoms with Gasteiger partial charge in [-0.2, -0.15) is 5.10 Å². The zero-order chi connectivity index (χ0) is 22.1. The van der Waals surface area contributed by atoms with Crippen molar-refractivity contribution in [1.29, 1.82) is 0 Å². The number of allylic oxidation sites excluding steroid dienone is 5. The summed E-state index contributed by atoms with van der Waals surface area (Å²) < 4.78 is 0. The van der Waals surface area contributed by atoms with Gasteiger partial charge in [-0.3, -0.25) is 10.1 Å². The molecular formula is C28H24N4. The summed E-state index contributed by atoms with van der Waals surface area (Å²) in [5.41, 5.74) is 9.76. The number of nitrogens with one attached hydrogen (secondary N) is 2. The Labute approximate surface area is 187 Å². The lowest BCUT2D eigenvalue weighted by molar-refractivity contribution is 1.12. The summed E-state index contributed by atoms with van der Waals surface area (Å²) >= 11 is 0. The zero-order valence-corrected chi connectivity index (χ0v) is 18.2. The van der Waals surface area contributed by atoms with Crippen molar-refractivity contribution in [1.82, 2.24) is 20.2 Å². The Morgan fingerprint density at radius 1 is 1.00 bits per heavy atom. The number of fused-ring (bicyclic) bond motifs is 2. The molecular weight excluding hydrogens is 392 g/mol. The number of rotatable bonds is 5. The van der Waals surface area contributed by atoms with Gasteiger partial charge in [-0.15, -0.1) is 0 Å². The van der Waals surface area contributed by atoms with Crippen LogP contribution in [0.4, 0.5) is 0 Å². The lowest BCUT2D eigenvalue weighted by Gasteiger charge is -2.08. The average molecular weight is 417 g/mol. The van der Waals surface area contributed by atoms with Crippen LogP contribution in [0, 0.1) is 0 Å². The molecule has 0 amide bonds. The largest absolute Gasteiger partial charge is 0.353 e. The second-order valence-corrected chi connectivity index (χ2v) is 7.81. The first kappa shape index (κ1) is 19.8. The standard InChI is InChI=1S/C28H24N4/c1-4-8-18(3)21(5-2)19-12-13-26-24(15-19)28(32-31-26)27-16-23-22(10-6-11-25(23)30-27)20-9-7-14-29-17-20/h4-17,30H,1H2,2-3H3,(H,31,32)/b18-8-,21-5+.